The van der Waals surface area contributed by atoms with Gasteiger partial charge in [-0.25, -0.2) is 4.98 Å². The highest BCUT2D eigenvalue weighted by atomic mass is 79.9. The van der Waals surface area contributed by atoms with Crippen LogP contribution in [0.2, 0.25) is 5.02 Å². The molecule has 0 radical (unpaired) electrons. The lowest BCUT2D eigenvalue weighted by Gasteiger charge is -2.13. The van der Waals surface area contributed by atoms with E-state index in [-0.39, 0.29) is 5.91 Å². The van der Waals surface area contributed by atoms with Gasteiger partial charge in [-0.1, -0.05) is 11.6 Å². The second kappa shape index (κ2) is 11.0. The Morgan fingerprint density at radius 2 is 1.97 bits per heavy atom. The fraction of sp³-hybridized carbons (Fsp3) is 0.304. The first kappa shape index (κ1) is 23.6. The van der Waals surface area contributed by atoms with Crippen LogP contribution in [0.4, 0.5) is 5.13 Å². The molecule has 0 bridgehead atoms. The van der Waals surface area contributed by atoms with E-state index < -0.39 is 0 Å². The van der Waals surface area contributed by atoms with Gasteiger partial charge in [0.2, 0.25) is 5.91 Å². The lowest BCUT2D eigenvalue weighted by atomic mass is 10.1. The molecule has 0 atom stereocenters. The average Bonchev–Trinajstić information content (AvgIpc) is 3.22. The molecule has 0 saturated heterocycles. The second-order valence-electron chi connectivity index (χ2n) is 6.94. The highest BCUT2D eigenvalue weighted by Gasteiger charge is 2.12. The standard InChI is InChI=1S/C23H24BrClN2O3S/c1-4-29-17-9-7-16(8-10-17)18-13-31-23(26-18)27-20(28)6-5-11-30-19-12-14(2)22(25)15(3)21(19)24/h7-10,12-13H,4-6,11H2,1-3H3,(H,26,27,28). The molecule has 1 aromatic heterocycles. The largest absolute Gasteiger partial charge is 0.494 e. The Bertz CT molecular complexity index is 1050. The second-order valence-corrected chi connectivity index (χ2v) is 8.97. The zero-order chi connectivity index (χ0) is 22.4. The van der Waals surface area contributed by atoms with Gasteiger partial charge in [0, 0.05) is 22.4 Å². The predicted molar refractivity (Wildman–Crippen MR) is 131 cm³/mol. The first-order chi connectivity index (χ1) is 14.9. The normalized spacial score (nSPS) is 10.7. The maximum absolute atomic E-state index is 12.3. The van der Waals surface area contributed by atoms with E-state index in [1.165, 1.54) is 11.3 Å². The fourth-order valence-electron chi connectivity index (χ4n) is 2.95. The molecule has 5 nitrogen and oxygen atoms in total. The quantitative estimate of drug-likeness (QED) is 0.306. The van der Waals surface area contributed by atoms with Crippen LogP contribution in [0.3, 0.4) is 0 Å². The highest BCUT2D eigenvalue weighted by molar-refractivity contribution is 9.10. The Labute approximate surface area is 199 Å². The van der Waals surface area contributed by atoms with Crippen LogP contribution in [0.25, 0.3) is 11.3 Å². The maximum atomic E-state index is 12.3. The number of carbonyl (C=O) groups excluding carboxylic acids is 1. The van der Waals surface area contributed by atoms with Gasteiger partial charge in [-0.2, -0.15) is 0 Å². The van der Waals surface area contributed by atoms with Gasteiger partial charge in [0.15, 0.2) is 5.13 Å². The van der Waals surface area contributed by atoms with Gasteiger partial charge in [-0.05, 0) is 84.6 Å². The molecule has 3 rings (SSSR count). The Balaban J connectivity index is 1.47. The van der Waals surface area contributed by atoms with Crippen molar-refractivity contribution < 1.29 is 14.3 Å². The Morgan fingerprint density at radius 1 is 1.23 bits per heavy atom. The van der Waals surface area contributed by atoms with E-state index in [4.69, 9.17) is 21.1 Å². The summed E-state index contributed by atoms with van der Waals surface area (Å²) in [7, 11) is 0. The monoisotopic (exact) mass is 522 g/mol. The number of nitrogens with one attached hydrogen (secondary N) is 1. The summed E-state index contributed by atoms with van der Waals surface area (Å²) < 4.78 is 12.1. The SMILES string of the molecule is CCOc1ccc(-c2csc(NC(=O)CCCOc3cc(C)c(Cl)c(C)c3Br)n2)cc1. The third-order valence-electron chi connectivity index (χ3n) is 4.59. The van der Waals surface area contributed by atoms with Crippen molar-refractivity contribution in [1.29, 1.82) is 0 Å². The third kappa shape index (κ3) is 6.21. The number of benzene rings is 2. The summed E-state index contributed by atoms with van der Waals surface area (Å²) in [4.78, 5) is 16.8. The van der Waals surface area contributed by atoms with Crippen molar-refractivity contribution in [3.63, 3.8) is 0 Å². The number of ether oxygens (including phenoxy) is 2. The van der Waals surface area contributed by atoms with Crippen LogP contribution in [-0.2, 0) is 4.79 Å². The smallest absolute Gasteiger partial charge is 0.226 e. The first-order valence-electron chi connectivity index (χ1n) is 9.95. The maximum Gasteiger partial charge on any atom is 0.226 e. The summed E-state index contributed by atoms with van der Waals surface area (Å²) in [5.74, 6) is 1.48. The molecule has 1 amide bonds. The van der Waals surface area contributed by atoms with Gasteiger partial charge in [-0.3, -0.25) is 4.79 Å². The molecule has 1 heterocycles. The van der Waals surface area contributed by atoms with Crippen molar-refractivity contribution in [2.75, 3.05) is 18.5 Å². The van der Waals surface area contributed by atoms with Gasteiger partial charge >= 0.3 is 0 Å². The fourth-order valence-corrected chi connectivity index (χ4v) is 4.38. The number of rotatable bonds is 9. The first-order valence-corrected chi connectivity index (χ1v) is 12.0. The number of halogens is 2. The van der Waals surface area contributed by atoms with Crippen molar-refractivity contribution in [3.8, 4) is 22.8 Å². The van der Waals surface area contributed by atoms with Gasteiger partial charge in [-0.15, -0.1) is 11.3 Å². The van der Waals surface area contributed by atoms with E-state index in [2.05, 4.69) is 26.2 Å². The number of hydrogen-bond donors (Lipinski definition) is 1. The van der Waals surface area contributed by atoms with Crippen LogP contribution in [0, 0.1) is 13.8 Å². The molecule has 164 valence electrons. The van der Waals surface area contributed by atoms with Gasteiger partial charge in [0.05, 0.1) is 23.4 Å². The van der Waals surface area contributed by atoms with Crippen LogP contribution in [0.1, 0.15) is 30.9 Å². The van der Waals surface area contributed by atoms with Gasteiger partial charge in [0.1, 0.15) is 11.5 Å². The van der Waals surface area contributed by atoms with Crippen molar-refractivity contribution in [3.05, 3.63) is 56.3 Å². The lowest BCUT2D eigenvalue weighted by molar-refractivity contribution is -0.116. The predicted octanol–water partition coefficient (Wildman–Crippen LogP) is 7.04. The summed E-state index contributed by atoms with van der Waals surface area (Å²) in [6.45, 7) is 6.90. The lowest BCUT2D eigenvalue weighted by Crippen LogP contribution is -2.12. The Hall–Kier alpha value is -2.09. The van der Waals surface area contributed by atoms with Crippen molar-refractivity contribution in [2.45, 2.75) is 33.6 Å². The zero-order valence-corrected chi connectivity index (χ0v) is 20.8. The molecule has 0 aliphatic carbocycles. The minimum Gasteiger partial charge on any atom is -0.494 e. The van der Waals surface area contributed by atoms with Crippen molar-refractivity contribution in [1.82, 2.24) is 4.98 Å². The molecular formula is C23H24BrClN2O3S. The molecule has 0 saturated carbocycles. The molecule has 8 heteroatoms. The van der Waals surface area contributed by atoms with Crippen LogP contribution in [-0.4, -0.2) is 24.1 Å². The van der Waals surface area contributed by atoms with Crippen LogP contribution in [0.5, 0.6) is 11.5 Å². The van der Waals surface area contributed by atoms with Crippen LogP contribution in [0.15, 0.2) is 40.2 Å². The summed E-state index contributed by atoms with van der Waals surface area (Å²) in [5, 5.41) is 6.10. The number of hydrogen-bond acceptors (Lipinski definition) is 5. The van der Waals surface area contributed by atoms with E-state index in [9.17, 15) is 4.79 Å². The molecule has 2 aromatic carbocycles. The Kier molecular flexibility index (Phi) is 8.35. The van der Waals surface area contributed by atoms with E-state index in [0.717, 1.165) is 43.4 Å². The number of thiazole rings is 1. The molecule has 0 fully saturated rings. The summed E-state index contributed by atoms with van der Waals surface area (Å²) >= 11 is 11.2. The van der Waals surface area contributed by atoms with Crippen molar-refractivity contribution >= 4 is 49.9 Å². The molecular weight excluding hydrogens is 500 g/mol. The van der Waals surface area contributed by atoms with Crippen LogP contribution < -0.4 is 14.8 Å². The number of carbonyl (C=O) groups is 1. The Morgan fingerprint density at radius 3 is 2.68 bits per heavy atom. The molecule has 1 N–H and O–H groups in total. The van der Waals surface area contributed by atoms with Gasteiger partial charge in [0.25, 0.3) is 0 Å². The third-order valence-corrected chi connectivity index (χ3v) is 6.91. The number of aryl methyl sites for hydroxylation is 1. The number of nitrogens with zero attached hydrogens (tertiary/aromatic N) is 1. The number of aromatic nitrogens is 1. The summed E-state index contributed by atoms with van der Waals surface area (Å²) in [6, 6.07) is 9.65. The van der Waals surface area contributed by atoms with E-state index in [1.54, 1.807) is 0 Å². The molecule has 0 aliphatic heterocycles. The highest BCUT2D eigenvalue weighted by Crippen LogP contribution is 2.35. The molecule has 31 heavy (non-hydrogen) atoms. The average molecular weight is 524 g/mol. The van der Waals surface area contributed by atoms with Crippen LogP contribution >= 0.6 is 38.9 Å². The number of amides is 1. The molecule has 0 spiro atoms. The summed E-state index contributed by atoms with van der Waals surface area (Å²) in [6.07, 6.45) is 0.942. The van der Waals surface area contributed by atoms with E-state index >= 15 is 0 Å². The van der Waals surface area contributed by atoms with Gasteiger partial charge < -0.3 is 14.8 Å². The molecule has 0 unspecified atom stereocenters. The minimum absolute atomic E-state index is 0.0845. The topological polar surface area (TPSA) is 60.5 Å². The molecule has 0 aliphatic rings. The zero-order valence-electron chi connectivity index (χ0n) is 17.6. The van der Waals surface area contributed by atoms with E-state index in [0.29, 0.717) is 31.2 Å². The van der Waals surface area contributed by atoms with E-state index in [1.807, 2.05) is 56.5 Å². The van der Waals surface area contributed by atoms with Crippen molar-refractivity contribution in [2.24, 2.45) is 0 Å². The minimum atomic E-state index is -0.0845. The molecule has 3 aromatic rings. The summed E-state index contributed by atoms with van der Waals surface area (Å²) in [5.41, 5.74) is 3.71. The number of anilines is 1.